The number of aliphatic hydroxyl groups excluding tert-OH is 1. The van der Waals surface area contributed by atoms with E-state index < -0.39 is 0 Å². The van der Waals surface area contributed by atoms with Crippen LogP contribution in [0.3, 0.4) is 0 Å². The highest BCUT2D eigenvalue weighted by atomic mass is 35.5. The minimum absolute atomic E-state index is 0.0816. The first-order valence-corrected chi connectivity index (χ1v) is 5.50. The van der Waals surface area contributed by atoms with Crippen LogP contribution in [0.15, 0.2) is 18.2 Å². The Morgan fingerprint density at radius 3 is 2.53 bits per heavy atom. The summed E-state index contributed by atoms with van der Waals surface area (Å²) >= 11 is 11.8. The second-order valence-corrected chi connectivity index (χ2v) is 4.97. The van der Waals surface area contributed by atoms with E-state index >= 15 is 0 Å². The highest BCUT2D eigenvalue weighted by Gasteiger charge is 2.15. The first-order valence-electron chi connectivity index (χ1n) is 4.74. The van der Waals surface area contributed by atoms with Gasteiger partial charge in [0.2, 0.25) is 0 Å². The second-order valence-electron chi connectivity index (χ2n) is 4.13. The molecule has 0 saturated heterocycles. The third-order valence-corrected chi connectivity index (χ3v) is 2.75. The van der Waals surface area contributed by atoms with Crippen molar-refractivity contribution in [3.8, 4) is 0 Å². The van der Waals surface area contributed by atoms with Crippen molar-refractivity contribution in [1.82, 2.24) is 5.32 Å². The Hall–Kier alpha value is -0.280. The number of benzene rings is 1. The Bertz CT molecular complexity index is 339. The summed E-state index contributed by atoms with van der Waals surface area (Å²) in [5.41, 5.74) is 0.672. The van der Waals surface area contributed by atoms with Crippen LogP contribution in [-0.4, -0.2) is 17.3 Å². The van der Waals surface area contributed by atoms with Crippen LogP contribution in [0.25, 0.3) is 0 Å². The van der Waals surface area contributed by atoms with Crippen LogP contribution in [0.5, 0.6) is 0 Å². The maximum atomic E-state index is 9.07. The van der Waals surface area contributed by atoms with Gasteiger partial charge in [-0.1, -0.05) is 29.3 Å². The van der Waals surface area contributed by atoms with Gasteiger partial charge >= 0.3 is 0 Å². The van der Waals surface area contributed by atoms with Crippen molar-refractivity contribution in [3.05, 3.63) is 33.8 Å². The minimum atomic E-state index is -0.303. The van der Waals surface area contributed by atoms with Gasteiger partial charge < -0.3 is 10.4 Å². The fraction of sp³-hybridized carbons (Fsp3) is 0.455. The molecule has 0 unspecified atom stereocenters. The van der Waals surface area contributed by atoms with Crippen molar-refractivity contribution in [2.24, 2.45) is 0 Å². The quantitative estimate of drug-likeness (QED) is 0.858. The molecule has 0 bridgehead atoms. The third kappa shape index (κ3) is 3.99. The van der Waals surface area contributed by atoms with Crippen LogP contribution >= 0.6 is 23.2 Å². The first-order chi connectivity index (χ1) is 6.94. The molecule has 0 heterocycles. The summed E-state index contributed by atoms with van der Waals surface area (Å²) in [6, 6.07) is 5.40. The second kappa shape index (κ2) is 5.17. The largest absolute Gasteiger partial charge is 0.394 e. The molecule has 2 N–H and O–H groups in total. The average Bonchev–Trinajstić information content (AvgIpc) is 2.16. The van der Waals surface area contributed by atoms with E-state index in [9.17, 15) is 0 Å². The van der Waals surface area contributed by atoms with Gasteiger partial charge in [-0.25, -0.2) is 0 Å². The molecule has 0 radical (unpaired) electrons. The number of hydrogen-bond acceptors (Lipinski definition) is 2. The number of rotatable bonds is 4. The Morgan fingerprint density at radius 1 is 1.33 bits per heavy atom. The molecule has 0 aliphatic rings. The molecule has 0 atom stereocenters. The van der Waals surface area contributed by atoms with Gasteiger partial charge in [0.25, 0.3) is 0 Å². The zero-order chi connectivity index (χ0) is 11.5. The topological polar surface area (TPSA) is 32.3 Å². The van der Waals surface area contributed by atoms with Gasteiger partial charge in [-0.3, -0.25) is 0 Å². The van der Waals surface area contributed by atoms with E-state index in [1.165, 1.54) is 0 Å². The van der Waals surface area contributed by atoms with Gasteiger partial charge in [-0.15, -0.1) is 0 Å². The number of nitrogens with one attached hydrogen (secondary N) is 1. The molecule has 0 aromatic heterocycles. The lowest BCUT2D eigenvalue weighted by atomic mass is 10.1. The Labute approximate surface area is 100 Å². The number of halogens is 2. The summed E-state index contributed by atoms with van der Waals surface area (Å²) < 4.78 is 0. The van der Waals surface area contributed by atoms with Crippen LogP contribution in [0.4, 0.5) is 0 Å². The van der Waals surface area contributed by atoms with Gasteiger partial charge in [0.05, 0.1) is 6.61 Å². The molecule has 0 aliphatic heterocycles. The van der Waals surface area contributed by atoms with E-state index in [0.29, 0.717) is 16.6 Å². The molecule has 0 amide bonds. The van der Waals surface area contributed by atoms with Crippen molar-refractivity contribution in [3.63, 3.8) is 0 Å². The zero-order valence-electron chi connectivity index (χ0n) is 8.85. The van der Waals surface area contributed by atoms with E-state index in [0.717, 1.165) is 5.56 Å². The van der Waals surface area contributed by atoms with Gasteiger partial charge in [0.15, 0.2) is 0 Å². The molecule has 0 fully saturated rings. The predicted octanol–water partition coefficient (Wildman–Crippen LogP) is 2.85. The van der Waals surface area contributed by atoms with Gasteiger partial charge in [-0.2, -0.15) is 0 Å². The van der Waals surface area contributed by atoms with Crippen LogP contribution in [0.1, 0.15) is 19.4 Å². The molecule has 1 aromatic carbocycles. The lowest BCUT2D eigenvalue weighted by Crippen LogP contribution is -2.42. The summed E-state index contributed by atoms with van der Waals surface area (Å²) in [7, 11) is 0. The van der Waals surface area contributed by atoms with E-state index in [-0.39, 0.29) is 12.1 Å². The summed E-state index contributed by atoms with van der Waals surface area (Å²) in [5, 5.41) is 13.5. The van der Waals surface area contributed by atoms with Crippen LogP contribution in [0.2, 0.25) is 10.0 Å². The molecule has 2 nitrogen and oxygen atoms in total. The number of hydrogen-bond donors (Lipinski definition) is 2. The normalized spacial score (nSPS) is 11.8. The molecule has 0 aliphatic carbocycles. The molecule has 84 valence electrons. The lowest BCUT2D eigenvalue weighted by Gasteiger charge is -2.23. The Morgan fingerprint density at radius 2 is 2.00 bits per heavy atom. The van der Waals surface area contributed by atoms with Crippen molar-refractivity contribution >= 4 is 23.2 Å². The van der Waals surface area contributed by atoms with Crippen LogP contribution in [0, 0.1) is 0 Å². The highest BCUT2D eigenvalue weighted by molar-refractivity contribution is 6.35. The first kappa shape index (κ1) is 12.8. The monoisotopic (exact) mass is 247 g/mol. The molecule has 1 rings (SSSR count). The van der Waals surface area contributed by atoms with Gasteiger partial charge in [0, 0.05) is 22.1 Å². The number of aliphatic hydroxyl groups is 1. The summed E-state index contributed by atoms with van der Waals surface area (Å²) in [6.45, 7) is 4.55. The van der Waals surface area contributed by atoms with Gasteiger partial charge in [0.1, 0.15) is 0 Å². The lowest BCUT2D eigenvalue weighted by molar-refractivity contribution is 0.187. The summed E-state index contributed by atoms with van der Waals surface area (Å²) in [4.78, 5) is 0. The van der Waals surface area contributed by atoms with Crippen molar-refractivity contribution in [2.75, 3.05) is 6.61 Å². The van der Waals surface area contributed by atoms with Crippen molar-refractivity contribution < 1.29 is 5.11 Å². The summed E-state index contributed by atoms with van der Waals surface area (Å²) in [5.74, 6) is 0. The maximum Gasteiger partial charge on any atom is 0.0607 e. The minimum Gasteiger partial charge on any atom is -0.394 e. The highest BCUT2D eigenvalue weighted by Crippen LogP contribution is 2.21. The SMILES string of the molecule is CC(C)(CO)NCc1ccc(Cl)cc1Cl. The average molecular weight is 248 g/mol. The molecule has 0 saturated carbocycles. The van der Waals surface area contributed by atoms with E-state index in [1.54, 1.807) is 12.1 Å². The van der Waals surface area contributed by atoms with Crippen LogP contribution < -0.4 is 5.32 Å². The van der Waals surface area contributed by atoms with Crippen LogP contribution in [-0.2, 0) is 6.54 Å². The van der Waals surface area contributed by atoms with E-state index in [4.69, 9.17) is 28.3 Å². The molecule has 4 heteroatoms. The fourth-order valence-electron chi connectivity index (χ4n) is 1.06. The third-order valence-electron chi connectivity index (χ3n) is 2.17. The standard InChI is InChI=1S/C11H15Cl2NO/c1-11(2,7-15)14-6-8-3-4-9(12)5-10(8)13/h3-5,14-15H,6-7H2,1-2H3. The van der Waals surface area contributed by atoms with Crippen molar-refractivity contribution in [1.29, 1.82) is 0 Å². The smallest absolute Gasteiger partial charge is 0.0607 e. The molecular weight excluding hydrogens is 233 g/mol. The zero-order valence-corrected chi connectivity index (χ0v) is 10.4. The van der Waals surface area contributed by atoms with Gasteiger partial charge in [-0.05, 0) is 31.5 Å². The van der Waals surface area contributed by atoms with Crippen molar-refractivity contribution in [2.45, 2.75) is 25.9 Å². The van der Waals surface area contributed by atoms with E-state index in [1.807, 2.05) is 19.9 Å². The molecular formula is C11H15Cl2NO. The molecule has 0 spiro atoms. The summed E-state index contributed by atoms with van der Waals surface area (Å²) in [6.07, 6.45) is 0. The van der Waals surface area contributed by atoms with E-state index in [2.05, 4.69) is 5.32 Å². The molecule has 15 heavy (non-hydrogen) atoms. The maximum absolute atomic E-state index is 9.07. The molecule has 1 aromatic rings. The fourth-order valence-corrected chi connectivity index (χ4v) is 1.53. The Kier molecular flexibility index (Phi) is 4.41. The predicted molar refractivity (Wildman–Crippen MR) is 64.5 cm³/mol. The Balaban J connectivity index is 2.66.